The van der Waals surface area contributed by atoms with E-state index in [1.807, 2.05) is 6.07 Å². The van der Waals surface area contributed by atoms with Crippen LogP contribution in [0.15, 0.2) is 59.8 Å². The molecule has 0 radical (unpaired) electrons. The lowest BCUT2D eigenvalue weighted by Gasteiger charge is -2.24. The summed E-state index contributed by atoms with van der Waals surface area (Å²) in [5.74, 6) is -0.148. The van der Waals surface area contributed by atoms with Gasteiger partial charge >= 0.3 is 6.01 Å². The van der Waals surface area contributed by atoms with Crippen LogP contribution < -0.4 is 15.0 Å². The zero-order chi connectivity index (χ0) is 22.2. The van der Waals surface area contributed by atoms with E-state index in [1.54, 1.807) is 24.4 Å². The van der Waals surface area contributed by atoms with E-state index in [1.165, 1.54) is 42.3 Å². The molecule has 0 bridgehead atoms. The summed E-state index contributed by atoms with van der Waals surface area (Å²) in [6, 6.07) is 11.3. The molecule has 32 heavy (non-hydrogen) atoms. The van der Waals surface area contributed by atoms with Crippen LogP contribution >= 0.6 is 0 Å². The van der Waals surface area contributed by atoms with E-state index in [4.69, 9.17) is 9.47 Å². The highest BCUT2D eigenvalue weighted by Crippen LogP contribution is 2.38. The Balaban J connectivity index is 1.87. The van der Waals surface area contributed by atoms with Crippen LogP contribution in [0.3, 0.4) is 0 Å². The summed E-state index contributed by atoms with van der Waals surface area (Å²) < 4.78 is 26.6. The van der Waals surface area contributed by atoms with Crippen molar-refractivity contribution in [2.45, 2.75) is 6.61 Å². The summed E-state index contributed by atoms with van der Waals surface area (Å²) in [6.07, 6.45) is 4.51. The zero-order valence-electron chi connectivity index (χ0n) is 16.7. The molecule has 156 valence electrons. The molecule has 8 nitrogen and oxygen atoms in total. The summed E-state index contributed by atoms with van der Waals surface area (Å²) in [7, 11) is 1.44. The molecule has 5 rings (SSSR count). The van der Waals surface area contributed by atoms with Crippen LogP contribution in [0, 0.1) is 17.1 Å². The molecule has 0 atom stereocenters. The van der Waals surface area contributed by atoms with Crippen LogP contribution in [0.2, 0.25) is 0 Å². The Morgan fingerprint density at radius 2 is 1.94 bits per heavy atom. The number of hydrogen-bond acceptors (Lipinski definition) is 7. The average molecular weight is 427 g/mol. The van der Waals surface area contributed by atoms with Crippen molar-refractivity contribution in [2.24, 2.45) is 0 Å². The van der Waals surface area contributed by atoms with Crippen molar-refractivity contribution < 1.29 is 13.9 Å². The Morgan fingerprint density at radius 3 is 2.69 bits per heavy atom. The maximum atomic E-state index is 14.4. The smallest absolute Gasteiger partial charge is 0.316 e. The third kappa shape index (κ3) is 2.97. The van der Waals surface area contributed by atoms with Gasteiger partial charge in [0.15, 0.2) is 0 Å². The minimum Gasteiger partial charge on any atom is -0.485 e. The highest BCUT2D eigenvalue weighted by atomic mass is 19.1. The molecular weight excluding hydrogens is 413 g/mol. The summed E-state index contributed by atoms with van der Waals surface area (Å²) in [4.78, 5) is 26.3. The molecule has 0 saturated heterocycles. The Hall–Kier alpha value is -4.58. The van der Waals surface area contributed by atoms with Crippen LogP contribution in [0.4, 0.5) is 4.39 Å². The molecule has 0 unspecified atom stereocenters. The second kappa shape index (κ2) is 7.59. The number of aromatic nitrogens is 4. The van der Waals surface area contributed by atoms with Crippen molar-refractivity contribution in [3.8, 4) is 45.9 Å². The van der Waals surface area contributed by atoms with Crippen molar-refractivity contribution in [2.75, 3.05) is 7.11 Å². The summed E-state index contributed by atoms with van der Waals surface area (Å²) >= 11 is 0. The first-order valence-corrected chi connectivity index (χ1v) is 9.55. The van der Waals surface area contributed by atoms with Gasteiger partial charge in [0.05, 0.1) is 36.4 Å². The van der Waals surface area contributed by atoms with Crippen LogP contribution in [0.25, 0.3) is 28.1 Å². The molecule has 3 aromatic heterocycles. The predicted molar refractivity (Wildman–Crippen MR) is 112 cm³/mol. The third-order valence-electron chi connectivity index (χ3n) is 5.16. The molecule has 1 aliphatic heterocycles. The van der Waals surface area contributed by atoms with Crippen molar-refractivity contribution in [1.82, 2.24) is 19.5 Å². The molecule has 0 spiro atoms. The molecule has 4 heterocycles. The Labute approximate surface area is 181 Å². The van der Waals surface area contributed by atoms with Crippen molar-refractivity contribution in [3.05, 3.63) is 82.4 Å². The average Bonchev–Trinajstić information content (AvgIpc) is 2.83. The van der Waals surface area contributed by atoms with Crippen LogP contribution in [0.5, 0.6) is 11.8 Å². The maximum Gasteiger partial charge on any atom is 0.316 e. The number of ether oxygens (including phenoxy) is 2. The van der Waals surface area contributed by atoms with Gasteiger partial charge in [0.25, 0.3) is 5.56 Å². The molecule has 4 aromatic rings. The number of rotatable bonds is 3. The third-order valence-corrected chi connectivity index (χ3v) is 5.16. The summed E-state index contributed by atoms with van der Waals surface area (Å²) in [5, 5.41) is 9.53. The lowest BCUT2D eigenvalue weighted by Crippen LogP contribution is -2.27. The van der Waals surface area contributed by atoms with Gasteiger partial charge < -0.3 is 9.47 Å². The molecule has 0 aliphatic carbocycles. The fourth-order valence-corrected chi connectivity index (χ4v) is 3.71. The van der Waals surface area contributed by atoms with E-state index in [0.717, 1.165) is 0 Å². The van der Waals surface area contributed by atoms with E-state index in [9.17, 15) is 14.4 Å². The van der Waals surface area contributed by atoms with Gasteiger partial charge in [-0.15, -0.1) is 0 Å². The van der Waals surface area contributed by atoms with Gasteiger partial charge in [-0.25, -0.2) is 14.4 Å². The predicted octanol–water partition coefficient (Wildman–Crippen LogP) is 3.27. The van der Waals surface area contributed by atoms with E-state index in [-0.39, 0.29) is 29.3 Å². The molecule has 9 heteroatoms. The molecule has 0 fully saturated rings. The van der Waals surface area contributed by atoms with Crippen molar-refractivity contribution >= 4 is 0 Å². The molecule has 1 aliphatic rings. The standard InChI is InChI=1S/C23H14FN5O3/c1-31-23-27-10-13(11-28-23)29-19-12-32-20-6-3-7-26-21(20)16(19)8-15(22(29)30)14-4-2-5-18(24)17(14)9-25/h2-8,10-11H,12H2,1H3. The van der Waals surface area contributed by atoms with E-state index >= 15 is 0 Å². The minimum atomic E-state index is -0.705. The first-order chi connectivity index (χ1) is 15.6. The molecule has 0 N–H and O–H groups in total. The van der Waals surface area contributed by atoms with Gasteiger partial charge in [-0.1, -0.05) is 12.1 Å². The van der Waals surface area contributed by atoms with E-state index in [2.05, 4.69) is 15.0 Å². The number of methoxy groups -OCH3 is 1. The van der Waals surface area contributed by atoms with Gasteiger partial charge in [-0.2, -0.15) is 5.26 Å². The first-order valence-electron chi connectivity index (χ1n) is 9.55. The van der Waals surface area contributed by atoms with Crippen LogP contribution in [0.1, 0.15) is 11.3 Å². The fourth-order valence-electron chi connectivity index (χ4n) is 3.71. The van der Waals surface area contributed by atoms with E-state index < -0.39 is 11.4 Å². The fraction of sp³-hybridized carbons (Fsp3) is 0.0870. The Morgan fingerprint density at radius 1 is 1.12 bits per heavy atom. The second-order valence-corrected chi connectivity index (χ2v) is 6.90. The quantitative estimate of drug-likeness (QED) is 0.494. The van der Waals surface area contributed by atoms with Crippen LogP contribution in [-0.4, -0.2) is 26.6 Å². The normalized spacial score (nSPS) is 11.7. The van der Waals surface area contributed by atoms with Gasteiger partial charge in [0.2, 0.25) is 0 Å². The monoisotopic (exact) mass is 427 g/mol. The first kappa shape index (κ1) is 19.4. The largest absolute Gasteiger partial charge is 0.485 e. The highest BCUT2D eigenvalue weighted by Gasteiger charge is 2.26. The number of hydrogen-bond donors (Lipinski definition) is 0. The molecule has 1 aromatic carbocycles. The topological polar surface area (TPSA) is 103 Å². The Bertz CT molecular complexity index is 1460. The lowest BCUT2D eigenvalue weighted by molar-refractivity contribution is 0.292. The number of pyridine rings is 2. The number of nitrogens with zero attached hydrogens (tertiary/aromatic N) is 5. The maximum absolute atomic E-state index is 14.4. The number of benzene rings is 1. The molecule has 0 amide bonds. The second-order valence-electron chi connectivity index (χ2n) is 6.90. The van der Waals surface area contributed by atoms with E-state index in [0.29, 0.717) is 28.4 Å². The van der Waals surface area contributed by atoms with Gasteiger partial charge in [0.1, 0.15) is 29.9 Å². The number of fused-ring (bicyclic) bond motifs is 3. The van der Waals surface area contributed by atoms with Gasteiger partial charge in [-0.05, 0) is 24.3 Å². The number of nitriles is 1. The highest BCUT2D eigenvalue weighted by molar-refractivity contribution is 5.79. The van der Waals surface area contributed by atoms with Gasteiger partial charge in [0, 0.05) is 22.9 Å². The SMILES string of the molecule is COc1ncc(-n2c3c(cc(-c4cccc(F)c4C#N)c2=O)-c2ncccc2OC3)cn1. The molecular formula is C23H14FN5O3. The summed E-state index contributed by atoms with van der Waals surface area (Å²) in [6.45, 7) is 0.101. The minimum absolute atomic E-state index is 0.101. The van der Waals surface area contributed by atoms with Crippen molar-refractivity contribution in [3.63, 3.8) is 0 Å². The van der Waals surface area contributed by atoms with Crippen LogP contribution in [-0.2, 0) is 6.61 Å². The zero-order valence-corrected chi connectivity index (χ0v) is 16.7. The lowest BCUT2D eigenvalue weighted by atomic mass is 9.96. The Kier molecular flexibility index (Phi) is 4.60. The summed E-state index contributed by atoms with van der Waals surface area (Å²) in [5.41, 5.74) is 1.72. The van der Waals surface area contributed by atoms with Crippen molar-refractivity contribution in [1.29, 1.82) is 5.26 Å². The van der Waals surface area contributed by atoms with Gasteiger partial charge in [-0.3, -0.25) is 14.3 Å². The number of halogens is 1. The molecule has 0 saturated carbocycles.